The van der Waals surface area contributed by atoms with Gasteiger partial charge in [0.25, 0.3) is 0 Å². The molecule has 22 heavy (non-hydrogen) atoms. The van der Waals surface area contributed by atoms with Crippen molar-refractivity contribution in [1.82, 2.24) is 0 Å². The predicted octanol–water partition coefficient (Wildman–Crippen LogP) is 4.20. The van der Waals surface area contributed by atoms with Crippen molar-refractivity contribution in [3.8, 4) is 0 Å². The van der Waals surface area contributed by atoms with Gasteiger partial charge in [0.15, 0.2) is 0 Å². The van der Waals surface area contributed by atoms with Gasteiger partial charge in [-0.25, -0.2) is 0 Å². The minimum absolute atomic E-state index is 0.0134. The summed E-state index contributed by atoms with van der Waals surface area (Å²) in [7, 11) is 0. The molecule has 3 nitrogen and oxygen atoms in total. The predicted molar refractivity (Wildman–Crippen MR) is 88.5 cm³/mol. The monoisotopic (exact) mass is 354 g/mol. The van der Waals surface area contributed by atoms with Crippen LogP contribution in [0.1, 0.15) is 21.5 Å². The quantitative estimate of drug-likeness (QED) is 0.822. The van der Waals surface area contributed by atoms with Crippen LogP contribution in [-0.2, 0) is 4.79 Å². The number of ketones is 2. The van der Waals surface area contributed by atoms with Gasteiger partial charge in [-0.15, -0.1) is 0 Å². The Bertz CT molecular complexity index is 833. The number of benzene rings is 2. The Balaban J connectivity index is 2.10. The minimum Gasteiger partial charge on any atom is -0.507 e. The number of halogens is 1. The van der Waals surface area contributed by atoms with Gasteiger partial charge in [-0.1, -0.05) is 52.3 Å². The summed E-state index contributed by atoms with van der Waals surface area (Å²) < 4.78 is 0.728. The van der Waals surface area contributed by atoms with E-state index in [0.717, 1.165) is 10.0 Å². The lowest BCUT2D eigenvalue weighted by Gasteiger charge is -2.16. The summed E-state index contributed by atoms with van der Waals surface area (Å²) in [6, 6.07) is 14.2. The van der Waals surface area contributed by atoms with Gasteiger partial charge in [0.2, 0.25) is 11.6 Å². The number of hydrogen-bond donors (Lipinski definition) is 1. The van der Waals surface area contributed by atoms with E-state index < -0.39 is 11.6 Å². The number of Topliss-reactive ketones (excluding diaryl/α,β-unsaturated/α-hetero) is 2. The van der Waals surface area contributed by atoms with E-state index in [0.29, 0.717) is 5.56 Å². The lowest BCUT2D eigenvalue weighted by atomic mass is 9.88. The van der Waals surface area contributed by atoms with Crippen molar-refractivity contribution in [3.63, 3.8) is 0 Å². The molecule has 0 unspecified atom stereocenters. The molecule has 2 aromatic carbocycles. The first kappa shape index (κ1) is 14.5. The number of carbonyl (C=O) groups is 2. The lowest BCUT2D eigenvalue weighted by molar-refractivity contribution is -0.111. The second-order valence-electron chi connectivity index (χ2n) is 4.85. The maximum atomic E-state index is 12.2. The lowest BCUT2D eigenvalue weighted by Crippen LogP contribution is -2.23. The molecule has 2 aromatic rings. The van der Waals surface area contributed by atoms with Crippen LogP contribution in [0.4, 0.5) is 0 Å². The van der Waals surface area contributed by atoms with Crippen LogP contribution in [0.5, 0.6) is 0 Å². The van der Waals surface area contributed by atoms with Crippen molar-refractivity contribution in [1.29, 1.82) is 0 Å². The van der Waals surface area contributed by atoms with Gasteiger partial charge in [0.05, 0.1) is 5.57 Å². The van der Waals surface area contributed by atoms with Crippen LogP contribution >= 0.6 is 15.9 Å². The molecule has 0 spiro atoms. The van der Waals surface area contributed by atoms with Gasteiger partial charge >= 0.3 is 0 Å². The third kappa shape index (κ3) is 2.53. The van der Waals surface area contributed by atoms with Crippen molar-refractivity contribution >= 4 is 39.3 Å². The van der Waals surface area contributed by atoms with Crippen LogP contribution in [0.15, 0.2) is 64.7 Å². The van der Waals surface area contributed by atoms with Gasteiger partial charge in [-0.3, -0.25) is 9.59 Å². The molecule has 3 rings (SSSR count). The summed E-state index contributed by atoms with van der Waals surface area (Å²) in [5, 5.41) is 10.3. The number of rotatable bonds is 2. The highest BCUT2D eigenvalue weighted by molar-refractivity contribution is 9.10. The van der Waals surface area contributed by atoms with Crippen molar-refractivity contribution < 1.29 is 14.7 Å². The Kier molecular flexibility index (Phi) is 3.77. The van der Waals surface area contributed by atoms with E-state index in [2.05, 4.69) is 15.9 Å². The van der Waals surface area contributed by atoms with Crippen LogP contribution in [0.3, 0.4) is 0 Å². The van der Waals surface area contributed by atoms with Crippen molar-refractivity contribution in [3.05, 3.63) is 81.3 Å². The van der Waals surface area contributed by atoms with E-state index in [4.69, 9.17) is 0 Å². The Labute approximate surface area is 135 Å². The third-order valence-corrected chi connectivity index (χ3v) is 3.92. The smallest absolute Gasteiger partial charge is 0.237 e. The first-order valence-corrected chi connectivity index (χ1v) is 7.42. The molecule has 0 bridgehead atoms. The first-order valence-electron chi connectivity index (χ1n) is 6.63. The number of allylic oxidation sites excluding steroid dienone is 2. The zero-order valence-corrected chi connectivity index (χ0v) is 13.0. The summed E-state index contributed by atoms with van der Waals surface area (Å²) in [5.74, 6) is -1.47. The van der Waals surface area contributed by atoms with Gasteiger partial charge < -0.3 is 5.11 Å². The average Bonchev–Trinajstić information content (AvgIpc) is 2.53. The highest BCUT2D eigenvalue weighted by Gasteiger charge is 2.31. The van der Waals surface area contributed by atoms with Crippen molar-refractivity contribution in [2.45, 2.75) is 0 Å². The summed E-state index contributed by atoms with van der Waals surface area (Å²) in [5.41, 5.74) is 1.48. The maximum absolute atomic E-state index is 12.2. The standard InChI is InChI=1S/C18H11BrO3/c19-12-7-9-13-15(10-12)16(20)14(18(22)17(13)21)8-6-11-4-2-1-3-5-11/h1-10,20H/b8-6+. The molecule has 0 radical (unpaired) electrons. The molecular weight excluding hydrogens is 344 g/mol. The summed E-state index contributed by atoms with van der Waals surface area (Å²) >= 11 is 3.30. The topological polar surface area (TPSA) is 54.4 Å². The fraction of sp³-hybridized carbons (Fsp3) is 0. The SMILES string of the molecule is O=C1C(=O)c2ccc(Br)cc2C(O)=C1/C=C/c1ccccc1. The molecule has 4 heteroatoms. The van der Waals surface area contributed by atoms with E-state index in [9.17, 15) is 14.7 Å². The highest BCUT2D eigenvalue weighted by atomic mass is 79.9. The Morgan fingerprint density at radius 1 is 0.864 bits per heavy atom. The zero-order chi connectivity index (χ0) is 15.7. The van der Waals surface area contributed by atoms with Gasteiger partial charge in [0, 0.05) is 15.6 Å². The molecule has 0 atom stereocenters. The molecule has 0 fully saturated rings. The molecule has 108 valence electrons. The van der Waals surface area contributed by atoms with E-state index in [1.165, 1.54) is 12.1 Å². The van der Waals surface area contributed by atoms with Crippen molar-refractivity contribution in [2.75, 3.05) is 0 Å². The van der Waals surface area contributed by atoms with Crippen LogP contribution in [0, 0.1) is 0 Å². The van der Waals surface area contributed by atoms with Crippen molar-refractivity contribution in [2.24, 2.45) is 0 Å². The van der Waals surface area contributed by atoms with Crippen LogP contribution in [0.2, 0.25) is 0 Å². The van der Waals surface area contributed by atoms with Gasteiger partial charge in [-0.2, -0.15) is 0 Å². The summed E-state index contributed by atoms with van der Waals surface area (Å²) in [4.78, 5) is 24.3. The fourth-order valence-electron chi connectivity index (χ4n) is 2.31. The number of aliphatic hydroxyl groups excluding tert-OH is 1. The van der Waals surface area contributed by atoms with E-state index in [-0.39, 0.29) is 16.9 Å². The fourth-order valence-corrected chi connectivity index (χ4v) is 2.67. The Morgan fingerprint density at radius 2 is 1.59 bits per heavy atom. The van der Waals surface area contributed by atoms with Crippen LogP contribution in [0.25, 0.3) is 11.8 Å². The number of aliphatic hydroxyl groups is 1. The van der Waals surface area contributed by atoms with Crippen LogP contribution in [-0.4, -0.2) is 16.7 Å². The van der Waals surface area contributed by atoms with Gasteiger partial charge in [0.1, 0.15) is 5.76 Å². The molecule has 0 saturated heterocycles. The maximum Gasteiger partial charge on any atom is 0.237 e. The minimum atomic E-state index is -0.695. The Hall–Kier alpha value is -2.46. The van der Waals surface area contributed by atoms with Gasteiger partial charge in [-0.05, 0) is 29.8 Å². The van der Waals surface area contributed by atoms with E-state index >= 15 is 0 Å². The summed E-state index contributed by atoms with van der Waals surface area (Å²) in [6.07, 6.45) is 3.18. The number of carbonyl (C=O) groups excluding carboxylic acids is 2. The number of hydrogen-bond acceptors (Lipinski definition) is 3. The second-order valence-corrected chi connectivity index (χ2v) is 5.77. The second kappa shape index (κ2) is 5.73. The largest absolute Gasteiger partial charge is 0.507 e. The van der Waals surface area contributed by atoms with E-state index in [1.54, 1.807) is 18.2 Å². The zero-order valence-electron chi connectivity index (χ0n) is 11.4. The molecular formula is C18H11BrO3. The summed E-state index contributed by atoms with van der Waals surface area (Å²) in [6.45, 7) is 0. The third-order valence-electron chi connectivity index (χ3n) is 3.43. The molecule has 0 aromatic heterocycles. The average molecular weight is 355 g/mol. The molecule has 0 saturated carbocycles. The van der Waals surface area contributed by atoms with E-state index in [1.807, 2.05) is 30.3 Å². The molecule has 0 amide bonds. The Morgan fingerprint density at radius 3 is 2.32 bits per heavy atom. The highest BCUT2D eigenvalue weighted by Crippen LogP contribution is 2.30. The molecule has 0 heterocycles. The number of fused-ring (bicyclic) bond motifs is 1. The molecule has 0 aliphatic heterocycles. The first-order chi connectivity index (χ1) is 10.6. The normalized spacial score (nSPS) is 14.6. The molecule has 1 aliphatic carbocycles. The molecule has 1 aliphatic rings. The molecule has 1 N–H and O–H groups in total. The van der Waals surface area contributed by atoms with Crippen LogP contribution < -0.4 is 0 Å².